The third kappa shape index (κ3) is 5.42. The molecule has 1 fully saturated rings. The second-order valence-corrected chi connectivity index (χ2v) is 9.67. The SMILES string of the molecule is COc1ccccc1NC(=O)C1CCN(S(=O)(=O)Cc2ccc(Cl)cc2Cl)CC1. The Morgan fingerprint density at radius 3 is 2.52 bits per heavy atom. The summed E-state index contributed by atoms with van der Waals surface area (Å²) in [5.41, 5.74) is 1.11. The summed E-state index contributed by atoms with van der Waals surface area (Å²) in [6.07, 6.45) is 0.906. The van der Waals surface area contributed by atoms with Gasteiger partial charge < -0.3 is 10.1 Å². The predicted octanol–water partition coefficient (Wildman–Crippen LogP) is 4.18. The number of piperidine rings is 1. The summed E-state index contributed by atoms with van der Waals surface area (Å²) in [5, 5.41) is 3.66. The zero-order valence-corrected chi connectivity index (χ0v) is 18.2. The highest BCUT2D eigenvalue weighted by Crippen LogP contribution is 2.28. The number of anilines is 1. The maximum atomic E-state index is 12.8. The molecule has 1 heterocycles. The lowest BCUT2D eigenvalue weighted by atomic mass is 9.97. The van der Waals surface area contributed by atoms with Crippen LogP contribution in [0.2, 0.25) is 10.0 Å². The Labute approximate surface area is 180 Å². The van der Waals surface area contributed by atoms with Gasteiger partial charge in [0.2, 0.25) is 15.9 Å². The van der Waals surface area contributed by atoms with Crippen molar-refractivity contribution in [3.05, 3.63) is 58.1 Å². The Balaban J connectivity index is 1.60. The zero-order chi connectivity index (χ0) is 21.0. The quantitative estimate of drug-likeness (QED) is 0.706. The predicted molar refractivity (Wildman–Crippen MR) is 115 cm³/mol. The molecule has 2 aromatic rings. The molecule has 0 aromatic heterocycles. The summed E-state index contributed by atoms with van der Waals surface area (Å²) in [5.74, 6) is -0.000334. The van der Waals surface area contributed by atoms with Gasteiger partial charge in [-0.2, -0.15) is 0 Å². The molecule has 1 aliphatic rings. The van der Waals surface area contributed by atoms with E-state index >= 15 is 0 Å². The van der Waals surface area contributed by atoms with Gasteiger partial charge in [0.15, 0.2) is 0 Å². The average Bonchev–Trinajstić information content (AvgIpc) is 2.70. The Kier molecular flexibility index (Phi) is 7.05. The van der Waals surface area contributed by atoms with Crippen molar-refractivity contribution in [2.75, 3.05) is 25.5 Å². The smallest absolute Gasteiger partial charge is 0.227 e. The first-order valence-corrected chi connectivity index (χ1v) is 11.5. The number of rotatable bonds is 6. The highest BCUT2D eigenvalue weighted by Gasteiger charge is 2.31. The van der Waals surface area contributed by atoms with Crippen LogP contribution in [0.1, 0.15) is 18.4 Å². The van der Waals surface area contributed by atoms with Crippen LogP contribution in [-0.4, -0.2) is 38.8 Å². The lowest BCUT2D eigenvalue weighted by Crippen LogP contribution is -2.41. The topological polar surface area (TPSA) is 75.7 Å². The van der Waals surface area contributed by atoms with E-state index in [-0.39, 0.29) is 30.7 Å². The van der Waals surface area contributed by atoms with Gasteiger partial charge in [0.1, 0.15) is 5.75 Å². The summed E-state index contributed by atoms with van der Waals surface area (Å²) in [6.45, 7) is 0.578. The Morgan fingerprint density at radius 2 is 1.86 bits per heavy atom. The minimum Gasteiger partial charge on any atom is -0.495 e. The molecule has 1 saturated heterocycles. The number of nitrogens with zero attached hydrogens (tertiary/aromatic N) is 1. The number of sulfonamides is 1. The molecule has 3 rings (SSSR count). The van der Waals surface area contributed by atoms with E-state index in [9.17, 15) is 13.2 Å². The number of ether oxygens (including phenoxy) is 1. The van der Waals surface area contributed by atoms with Crippen LogP contribution < -0.4 is 10.1 Å². The van der Waals surface area contributed by atoms with Crippen LogP contribution >= 0.6 is 23.2 Å². The molecule has 1 N–H and O–H groups in total. The van der Waals surface area contributed by atoms with Gasteiger partial charge in [0.05, 0.1) is 18.6 Å². The van der Waals surface area contributed by atoms with Gasteiger partial charge in [-0.05, 0) is 42.7 Å². The van der Waals surface area contributed by atoms with Crippen molar-refractivity contribution in [2.24, 2.45) is 5.92 Å². The monoisotopic (exact) mass is 456 g/mol. The van der Waals surface area contributed by atoms with E-state index in [2.05, 4.69) is 5.32 Å². The molecule has 2 aromatic carbocycles. The normalized spacial score (nSPS) is 15.8. The second kappa shape index (κ2) is 9.34. The molecule has 156 valence electrons. The first kappa shape index (κ1) is 21.9. The van der Waals surface area contributed by atoms with Gasteiger partial charge in [0, 0.05) is 29.1 Å². The number of nitrogens with one attached hydrogen (secondary N) is 1. The van der Waals surface area contributed by atoms with Crippen LogP contribution in [0.3, 0.4) is 0 Å². The molecule has 0 bridgehead atoms. The fourth-order valence-corrected chi connectivity index (χ4v) is 5.45. The van der Waals surface area contributed by atoms with Gasteiger partial charge in [-0.15, -0.1) is 0 Å². The fourth-order valence-electron chi connectivity index (χ4n) is 3.31. The summed E-state index contributed by atoms with van der Waals surface area (Å²) in [6, 6.07) is 11.9. The second-order valence-electron chi connectivity index (χ2n) is 6.85. The molecule has 1 aliphatic heterocycles. The van der Waals surface area contributed by atoms with Crippen LogP contribution in [0.4, 0.5) is 5.69 Å². The molecule has 0 atom stereocenters. The summed E-state index contributed by atoms with van der Waals surface area (Å²) < 4.78 is 32.2. The Hall–Kier alpha value is -1.80. The van der Waals surface area contributed by atoms with Crippen LogP contribution in [-0.2, 0) is 20.6 Å². The van der Waals surface area contributed by atoms with Crippen LogP contribution in [0.15, 0.2) is 42.5 Å². The molecule has 1 amide bonds. The minimum atomic E-state index is -3.54. The van der Waals surface area contributed by atoms with Crippen molar-refractivity contribution in [1.82, 2.24) is 4.31 Å². The van der Waals surface area contributed by atoms with Crippen molar-refractivity contribution in [3.8, 4) is 5.75 Å². The Morgan fingerprint density at radius 1 is 1.17 bits per heavy atom. The number of methoxy groups -OCH3 is 1. The lowest BCUT2D eigenvalue weighted by Gasteiger charge is -2.30. The van der Waals surface area contributed by atoms with Gasteiger partial charge in [-0.3, -0.25) is 4.79 Å². The van der Waals surface area contributed by atoms with Gasteiger partial charge in [-0.1, -0.05) is 41.4 Å². The van der Waals surface area contributed by atoms with Crippen LogP contribution in [0.5, 0.6) is 5.75 Å². The number of hydrogen-bond donors (Lipinski definition) is 1. The molecule has 0 unspecified atom stereocenters. The number of amides is 1. The molecule has 0 saturated carbocycles. The zero-order valence-electron chi connectivity index (χ0n) is 15.9. The average molecular weight is 457 g/mol. The molecule has 29 heavy (non-hydrogen) atoms. The van der Waals surface area contributed by atoms with Crippen LogP contribution in [0, 0.1) is 5.92 Å². The third-order valence-electron chi connectivity index (χ3n) is 4.94. The van der Waals surface area contributed by atoms with E-state index in [0.717, 1.165) is 0 Å². The first-order valence-electron chi connectivity index (χ1n) is 9.16. The van der Waals surface area contributed by atoms with Crippen LogP contribution in [0.25, 0.3) is 0 Å². The molecule has 6 nitrogen and oxygen atoms in total. The lowest BCUT2D eigenvalue weighted by molar-refractivity contribution is -0.120. The highest BCUT2D eigenvalue weighted by molar-refractivity contribution is 7.88. The van der Waals surface area contributed by atoms with E-state index < -0.39 is 10.0 Å². The maximum Gasteiger partial charge on any atom is 0.227 e. The molecule has 0 spiro atoms. The molecular formula is C20H22Cl2N2O4S. The molecule has 9 heteroatoms. The van der Waals surface area contributed by atoms with E-state index in [1.54, 1.807) is 31.4 Å². The molecule has 0 aliphatic carbocycles. The number of carbonyl (C=O) groups is 1. The molecular weight excluding hydrogens is 435 g/mol. The van der Waals surface area contributed by atoms with Gasteiger partial charge in [0.25, 0.3) is 0 Å². The maximum absolute atomic E-state index is 12.8. The van der Waals surface area contributed by atoms with E-state index in [1.165, 1.54) is 10.4 Å². The van der Waals surface area contributed by atoms with E-state index in [1.807, 2.05) is 12.1 Å². The largest absolute Gasteiger partial charge is 0.495 e. The van der Waals surface area contributed by atoms with Crippen molar-refractivity contribution in [1.29, 1.82) is 0 Å². The van der Waals surface area contributed by atoms with Crippen molar-refractivity contribution >= 4 is 44.8 Å². The summed E-state index contributed by atoms with van der Waals surface area (Å²) in [4.78, 5) is 12.6. The third-order valence-corrected chi connectivity index (χ3v) is 7.35. The van der Waals surface area contributed by atoms with E-state index in [0.29, 0.717) is 39.9 Å². The minimum absolute atomic E-state index is 0.132. The number of halogens is 2. The summed E-state index contributed by atoms with van der Waals surface area (Å²) in [7, 11) is -1.99. The van der Waals surface area contributed by atoms with Crippen molar-refractivity contribution < 1.29 is 17.9 Å². The Bertz CT molecular complexity index is 990. The first-order chi connectivity index (χ1) is 13.8. The summed E-state index contributed by atoms with van der Waals surface area (Å²) >= 11 is 12.0. The van der Waals surface area contributed by atoms with E-state index in [4.69, 9.17) is 27.9 Å². The number of benzene rings is 2. The van der Waals surface area contributed by atoms with Gasteiger partial charge >= 0.3 is 0 Å². The number of hydrogen-bond acceptors (Lipinski definition) is 4. The fraction of sp³-hybridized carbons (Fsp3) is 0.350. The number of para-hydroxylation sites is 2. The van der Waals surface area contributed by atoms with Gasteiger partial charge in [-0.25, -0.2) is 12.7 Å². The number of carbonyl (C=O) groups excluding carboxylic acids is 1. The van der Waals surface area contributed by atoms with Crippen molar-refractivity contribution in [3.63, 3.8) is 0 Å². The molecule has 0 radical (unpaired) electrons. The highest BCUT2D eigenvalue weighted by atomic mass is 35.5. The van der Waals surface area contributed by atoms with Crippen molar-refractivity contribution in [2.45, 2.75) is 18.6 Å². The standard InChI is InChI=1S/C20H22Cl2N2O4S/c1-28-19-5-3-2-4-18(19)23-20(25)14-8-10-24(11-9-14)29(26,27)13-15-6-7-16(21)12-17(15)22/h2-7,12,14H,8-11,13H2,1H3,(H,23,25).